The first kappa shape index (κ1) is 6.62. The maximum absolute atomic E-state index is 11.0. The van der Waals surface area contributed by atoms with Crippen molar-refractivity contribution >= 4 is 17.4 Å². The number of Topliss-reactive ketones (excluding diaryl/α,β-unsaturated/α-hetero) is 1. The lowest BCUT2D eigenvalue weighted by molar-refractivity contribution is -0.150. The van der Waals surface area contributed by atoms with Gasteiger partial charge in [0.15, 0.2) is 5.78 Å². The molecule has 1 saturated heterocycles. The first-order chi connectivity index (χ1) is 4.80. The summed E-state index contributed by atoms with van der Waals surface area (Å²) in [4.78, 5) is 11.0. The first-order valence-corrected chi connectivity index (χ1v) is 4.04. The second-order valence-corrected chi connectivity index (χ2v) is 3.36. The molecule has 0 bridgehead atoms. The topological polar surface area (TPSA) is 26.3 Å². The van der Waals surface area contributed by atoms with Crippen molar-refractivity contribution in [2.24, 2.45) is 5.92 Å². The third kappa shape index (κ3) is 0.722. The molecule has 10 heavy (non-hydrogen) atoms. The SMILES string of the molecule is O=C1C(Cl)[C@H]2OCCC[C@@H]12. The summed E-state index contributed by atoms with van der Waals surface area (Å²) in [6.07, 6.45) is 2.03. The van der Waals surface area contributed by atoms with E-state index in [1.807, 2.05) is 0 Å². The molecule has 0 aromatic carbocycles. The molecule has 0 N–H and O–H groups in total. The van der Waals surface area contributed by atoms with Gasteiger partial charge in [-0.25, -0.2) is 0 Å². The van der Waals surface area contributed by atoms with Crippen LogP contribution in [0, 0.1) is 5.92 Å². The van der Waals surface area contributed by atoms with Gasteiger partial charge in [0.25, 0.3) is 0 Å². The number of hydrogen-bond acceptors (Lipinski definition) is 2. The predicted octanol–water partition coefficient (Wildman–Crippen LogP) is 0.972. The molecular formula is C7H9ClO2. The van der Waals surface area contributed by atoms with Crippen molar-refractivity contribution in [3.05, 3.63) is 0 Å². The fourth-order valence-corrected chi connectivity index (χ4v) is 2.05. The Hall–Kier alpha value is -0.0800. The quantitative estimate of drug-likeness (QED) is 0.494. The fourth-order valence-electron chi connectivity index (χ4n) is 1.64. The van der Waals surface area contributed by atoms with Crippen molar-refractivity contribution < 1.29 is 9.53 Å². The molecule has 56 valence electrons. The van der Waals surface area contributed by atoms with Crippen LogP contribution in [-0.4, -0.2) is 23.9 Å². The maximum atomic E-state index is 11.0. The maximum Gasteiger partial charge on any atom is 0.159 e. The van der Waals surface area contributed by atoms with Crippen LogP contribution in [0.4, 0.5) is 0 Å². The summed E-state index contributed by atoms with van der Waals surface area (Å²) in [6, 6.07) is 0. The van der Waals surface area contributed by atoms with Gasteiger partial charge in [0.2, 0.25) is 0 Å². The van der Waals surface area contributed by atoms with Gasteiger partial charge in [-0.3, -0.25) is 4.79 Å². The Morgan fingerprint density at radius 3 is 3.10 bits per heavy atom. The number of halogens is 1. The Balaban J connectivity index is 2.06. The highest BCUT2D eigenvalue weighted by Gasteiger charge is 2.50. The molecule has 0 amide bonds. The Kier molecular flexibility index (Phi) is 1.46. The number of fused-ring (bicyclic) bond motifs is 1. The zero-order valence-corrected chi connectivity index (χ0v) is 6.30. The molecule has 0 spiro atoms. The van der Waals surface area contributed by atoms with E-state index in [-0.39, 0.29) is 23.2 Å². The lowest BCUT2D eigenvalue weighted by Crippen LogP contribution is -2.56. The van der Waals surface area contributed by atoms with E-state index < -0.39 is 0 Å². The lowest BCUT2D eigenvalue weighted by atomic mass is 9.75. The second-order valence-electron chi connectivity index (χ2n) is 2.89. The summed E-state index contributed by atoms with van der Waals surface area (Å²) in [5, 5.41) is -0.342. The van der Waals surface area contributed by atoms with Crippen molar-refractivity contribution in [3.63, 3.8) is 0 Å². The van der Waals surface area contributed by atoms with E-state index in [4.69, 9.17) is 16.3 Å². The molecule has 3 heteroatoms. The van der Waals surface area contributed by atoms with Gasteiger partial charge in [-0.15, -0.1) is 11.6 Å². The summed E-state index contributed by atoms with van der Waals surface area (Å²) in [6.45, 7) is 0.775. The molecule has 2 fully saturated rings. The third-order valence-corrected chi connectivity index (χ3v) is 2.76. The largest absolute Gasteiger partial charge is 0.375 e. The van der Waals surface area contributed by atoms with Crippen LogP contribution in [0.3, 0.4) is 0 Å². The van der Waals surface area contributed by atoms with E-state index in [0.717, 1.165) is 19.4 Å². The number of alkyl halides is 1. The van der Waals surface area contributed by atoms with Crippen molar-refractivity contribution in [2.75, 3.05) is 6.61 Å². The molecule has 1 heterocycles. The average molecular weight is 161 g/mol. The summed E-state index contributed by atoms with van der Waals surface area (Å²) >= 11 is 5.70. The van der Waals surface area contributed by atoms with E-state index in [1.54, 1.807) is 0 Å². The van der Waals surface area contributed by atoms with Gasteiger partial charge >= 0.3 is 0 Å². The van der Waals surface area contributed by atoms with E-state index >= 15 is 0 Å². The van der Waals surface area contributed by atoms with Gasteiger partial charge < -0.3 is 4.74 Å². The average Bonchev–Trinajstić information content (AvgIpc) is 2.03. The predicted molar refractivity (Wildman–Crippen MR) is 37.1 cm³/mol. The number of ether oxygens (including phenoxy) is 1. The van der Waals surface area contributed by atoms with Gasteiger partial charge in [0.1, 0.15) is 5.38 Å². The van der Waals surface area contributed by atoms with E-state index in [2.05, 4.69) is 0 Å². The Labute approximate surface area is 64.5 Å². The van der Waals surface area contributed by atoms with Gasteiger partial charge in [-0.1, -0.05) is 0 Å². The minimum absolute atomic E-state index is 0.0444. The van der Waals surface area contributed by atoms with Crippen LogP contribution in [0.5, 0.6) is 0 Å². The standard InChI is InChI=1S/C7H9ClO2/c8-5-6(9)4-2-1-3-10-7(4)5/h4-5,7H,1-3H2/t4-,5?,7-/m0/s1. The molecule has 1 saturated carbocycles. The van der Waals surface area contributed by atoms with Crippen molar-refractivity contribution in [3.8, 4) is 0 Å². The molecule has 2 rings (SSSR count). The van der Waals surface area contributed by atoms with Crippen LogP contribution in [0.25, 0.3) is 0 Å². The van der Waals surface area contributed by atoms with Crippen LogP contribution >= 0.6 is 11.6 Å². The van der Waals surface area contributed by atoms with Crippen molar-refractivity contribution in [1.29, 1.82) is 0 Å². The number of rotatable bonds is 0. The molecule has 1 aliphatic carbocycles. The first-order valence-electron chi connectivity index (χ1n) is 3.60. The summed E-state index contributed by atoms with van der Waals surface area (Å²) in [5.74, 6) is 0.322. The minimum atomic E-state index is -0.342. The van der Waals surface area contributed by atoms with Gasteiger partial charge in [-0.05, 0) is 12.8 Å². The van der Waals surface area contributed by atoms with Crippen LogP contribution in [0.1, 0.15) is 12.8 Å². The molecule has 0 aromatic heterocycles. The highest BCUT2D eigenvalue weighted by Crippen LogP contribution is 2.37. The molecule has 1 unspecified atom stereocenters. The highest BCUT2D eigenvalue weighted by molar-refractivity contribution is 6.34. The Morgan fingerprint density at radius 2 is 2.40 bits per heavy atom. The number of ketones is 1. The molecule has 3 atom stereocenters. The smallest absolute Gasteiger partial charge is 0.159 e. The zero-order valence-electron chi connectivity index (χ0n) is 5.55. The number of carbonyl (C=O) groups is 1. The number of hydrogen-bond donors (Lipinski definition) is 0. The molecule has 1 aliphatic heterocycles. The number of carbonyl (C=O) groups excluding carboxylic acids is 1. The fraction of sp³-hybridized carbons (Fsp3) is 0.857. The van der Waals surface area contributed by atoms with Gasteiger partial charge in [0.05, 0.1) is 6.10 Å². The normalized spacial score (nSPS) is 46.1. The summed E-state index contributed by atoms with van der Waals surface area (Å²) in [7, 11) is 0. The molecule has 2 aliphatic rings. The van der Waals surface area contributed by atoms with Crippen LogP contribution in [0.15, 0.2) is 0 Å². The molecule has 0 radical (unpaired) electrons. The highest BCUT2D eigenvalue weighted by atomic mass is 35.5. The van der Waals surface area contributed by atoms with Gasteiger partial charge in [0, 0.05) is 12.5 Å². The third-order valence-electron chi connectivity index (χ3n) is 2.29. The molecule has 0 aromatic rings. The minimum Gasteiger partial charge on any atom is -0.375 e. The Morgan fingerprint density at radius 1 is 1.60 bits per heavy atom. The van der Waals surface area contributed by atoms with Crippen molar-refractivity contribution in [2.45, 2.75) is 24.3 Å². The van der Waals surface area contributed by atoms with E-state index in [1.165, 1.54) is 0 Å². The molecular weight excluding hydrogens is 152 g/mol. The van der Waals surface area contributed by atoms with Crippen molar-refractivity contribution in [1.82, 2.24) is 0 Å². The summed E-state index contributed by atoms with van der Waals surface area (Å²) in [5.41, 5.74) is 0. The monoisotopic (exact) mass is 160 g/mol. The van der Waals surface area contributed by atoms with Crippen LogP contribution in [0.2, 0.25) is 0 Å². The lowest BCUT2D eigenvalue weighted by Gasteiger charge is -2.42. The van der Waals surface area contributed by atoms with E-state index in [0.29, 0.717) is 0 Å². The van der Waals surface area contributed by atoms with Crippen LogP contribution < -0.4 is 0 Å². The Bertz CT molecular complexity index is 169. The molecule has 2 nitrogen and oxygen atoms in total. The van der Waals surface area contributed by atoms with Gasteiger partial charge in [-0.2, -0.15) is 0 Å². The zero-order chi connectivity index (χ0) is 7.14. The second kappa shape index (κ2) is 2.21. The summed E-state index contributed by atoms with van der Waals surface area (Å²) < 4.78 is 5.31. The van der Waals surface area contributed by atoms with E-state index in [9.17, 15) is 4.79 Å². The van der Waals surface area contributed by atoms with Crippen LogP contribution in [-0.2, 0) is 9.53 Å².